The largest absolute Gasteiger partial charge is 0.476 e. The molecule has 8 nitrogen and oxygen atoms in total. The van der Waals surface area contributed by atoms with Gasteiger partial charge in [0.2, 0.25) is 5.91 Å². The van der Waals surface area contributed by atoms with Crippen LogP contribution in [0.2, 0.25) is 0 Å². The molecule has 0 aliphatic heterocycles. The highest BCUT2D eigenvalue weighted by Crippen LogP contribution is 2.44. The predicted molar refractivity (Wildman–Crippen MR) is 133 cm³/mol. The minimum absolute atomic E-state index is 0.00931. The van der Waals surface area contributed by atoms with E-state index < -0.39 is 18.0 Å². The lowest BCUT2D eigenvalue weighted by molar-refractivity contribution is -0.124. The zero-order valence-electron chi connectivity index (χ0n) is 19.3. The van der Waals surface area contributed by atoms with Crippen molar-refractivity contribution in [1.82, 2.24) is 15.6 Å². The number of nitrogens with zero attached hydrogens (tertiary/aromatic N) is 1. The third kappa shape index (κ3) is 5.68. The van der Waals surface area contributed by atoms with Crippen molar-refractivity contribution in [2.75, 3.05) is 19.7 Å². The Bertz CT molecular complexity index is 1180. The van der Waals surface area contributed by atoms with Crippen molar-refractivity contribution in [1.29, 1.82) is 0 Å². The summed E-state index contributed by atoms with van der Waals surface area (Å²) >= 11 is 1.25. The molecule has 9 heteroatoms. The molecule has 3 aromatic rings. The number of aromatic carboxylic acids is 1. The van der Waals surface area contributed by atoms with E-state index in [2.05, 4.69) is 39.9 Å². The highest BCUT2D eigenvalue weighted by atomic mass is 32.1. The Morgan fingerprint density at radius 3 is 2.31 bits per heavy atom. The van der Waals surface area contributed by atoms with Crippen molar-refractivity contribution in [3.8, 4) is 11.1 Å². The molecule has 1 atom stereocenters. The van der Waals surface area contributed by atoms with Gasteiger partial charge in [0.1, 0.15) is 6.61 Å². The molecule has 0 fully saturated rings. The summed E-state index contributed by atoms with van der Waals surface area (Å²) < 4.78 is 5.54. The zero-order valence-corrected chi connectivity index (χ0v) is 20.1. The molecule has 1 aliphatic rings. The van der Waals surface area contributed by atoms with Gasteiger partial charge < -0.3 is 20.5 Å². The van der Waals surface area contributed by atoms with Crippen molar-refractivity contribution in [3.05, 3.63) is 75.7 Å². The first-order valence-electron chi connectivity index (χ1n) is 11.5. The molecular formula is C26H27N3O5S. The van der Waals surface area contributed by atoms with Crippen molar-refractivity contribution in [2.24, 2.45) is 5.92 Å². The summed E-state index contributed by atoms with van der Waals surface area (Å²) in [5.74, 6) is -1.67. The maximum Gasteiger partial charge on any atom is 0.407 e. The number of alkyl carbamates (subject to hydrolysis) is 1. The molecule has 0 saturated heterocycles. The van der Waals surface area contributed by atoms with Gasteiger partial charge in [0, 0.05) is 30.8 Å². The predicted octanol–water partition coefficient (Wildman–Crippen LogP) is 4.06. The number of carboxylic acids is 1. The normalized spacial score (nSPS) is 12.9. The van der Waals surface area contributed by atoms with E-state index in [-0.39, 0.29) is 30.7 Å². The maximum absolute atomic E-state index is 12.5. The summed E-state index contributed by atoms with van der Waals surface area (Å²) in [4.78, 5) is 39.8. The minimum Gasteiger partial charge on any atom is -0.476 e. The molecule has 0 radical (unpaired) electrons. The van der Waals surface area contributed by atoms with E-state index in [1.165, 1.54) is 16.7 Å². The van der Waals surface area contributed by atoms with Crippen LogP contribution in [0.15, 0.2) is 53.9 Å². The lowest BCUT2D eigenvalue weighted by Gasteiger charge is -2.17. The molecule has 2 aromatic carbocycles. The molecule has 1 heterocycles. The first-order chi connectivity index (χ1) is 17.0. The van der Waals surface area contributed by atoms with Gasteiger partial charge in [-0.3, -0.25) is 4.79 Å². The summed E-state index contributed by atoms with van der Waals surface area (Å²) in [7, 11) is 0. The highest BCUT2D eigenvalue weighted by molar-refractivity contribution is 7.09. The number of aromatic nitrogens is 1. The van der Waals surface area contributed by atoms with Crippen LogP contribution in [-0.4, -0.2) is 47.8 Å². The van der Waals surface area contributed by atoms with Gasteiger partial charge in [-0.05, 0) is 28.7 Å². The van der Waals surface area contributed by atoms with Crippen molar-refractivity contribution < 1.29 is 24.2 Å². The minimum atomic E-state index is -1.07. The lowest BCUT2D eigenvalue weighted by Crippen LogP contribution is -2.39. The van der Waals surface area contributed by atoms with E-state index in [0.29, 0.717) is 24.4 Å². The molecule has 4 rings (SSSR count). The van der Waals surface area contributed by atoms with Gasteiger partial charge in [0.15, 0.2) is 5.69 Å². The van der Waals surface area contributed by atoms with Crippen LogP contribution in [0.4, 0.5) is 4.79 Å². The Morgan fingerprint density at radius 1 is 1.06 bits per heavy atom. The molecule has 0 saturated carbocycles. The molecule has 0 bridgehead atoms. The number of carboxylic acid groups (broad SMARTS) is 1. The second-order valence-corrected chi connectivity index (χ2v) is 9.23. The first-order valence-corrected chi connectivity index (χ1v) is 12.4. The van der Waals surface area contributed by atoms with Crippen molar-refractivity contribution in [2.45, 2.75) is 25.7 Å². The number of fused-ring (bicyclic) bond motifs is 3. The number of ether oxygens (including phenoxy) is 1. The Labute approximate surface area is 207 Å². The summed E-state index contributed by atoms with van der Waals surface area (Å²) in [5.41, 5.74) is 4.62. The quantitative estimate of drug-likeness (QED) is 0.392. The van der Waals surface area contributed by atoms with Crippen molar-refractivity contribution >= 4 is 29.3 Å². The topological polar surface area (TPSA) is 118 Å². The number of carbonyl (C=O) groups is 3. The molecule has 1 aromatic heterocycles. The van der Waals surface area contributed by atoms with Crippen LogP contribution in [0.1, 0.15) is 45.9 Å². The zero-order chi connectivity index (χ0) is 24.8. The third-order valence-electron chi connectivity index (χ3n) is 6.11. The van der Waals surface area contributed by atoms with Crippen LogP contribution in [-0.2, 0) is 16.0 Å². The number of rotatable bonds is 10. The van der Waals surface area contributed by atoms with Crippen LogP contribution < -0.4 is 10.6 Å². The molecule has 1 aliphatic carbocycles. The van der Waals surface area contributed by atoms with Gasteiger partial charge in [-0.15, -0.1) is 11.3 Å². The van der Waals surface area contributed by atoms with Crippen LogP contribution >= 0.6 is 11.3 Å². The van der Waals surface area contributed by atoms with E-state index >= 15 is 0 Å². The monoisotopic (exact) mass is 493 g/mol. The van der Waals surface area contributed by atoms with Gasteiger partial charge in [-0.2, -0.15) is 0 Å². The Hall–Kier alpha value is -3.72. The fourth-order valence-electron chi connectivity index (χ4n) is 4.24. The van der Waals surface area contributed by atoms with Crippen LogP contribution in [0, 0.1) is 5.92 Å². The second-order valence-electron chi connectivity index (χ2n) is 8.28. The number of nitrogens with one attached hydrogen (secondary N) is 2. The average molecular weight is 494 g/mol. The van der Waals surface area contributed by atoms with Gasteiger partial charge in [-0.1, -0.05) is 55.5 Å². The smallest absolute Gasteiger partial charge is 0.407 e. The molecule has 0 spiro atoms. The Balaban J connectivity index is 1.24. The van der Waals surface area contributed by atoms with Gasteiger partial charge >= 0.3 is 12.1 Å². The van der Waals surface area contributed by atoms with Gasteiger partial charge in [0.25, 0.3) is 0 Å². The molecular weight excluding hydrogens is 466 g/mol. The van der Waals surface area contributed by atoms with E-state index in [9.17, 15) is 14.4 Å². The second kappa shape index (κ2) is 11.1. The standard InChI is InChI=1S/C26H27N3O5S/c1-2-16(24(30)27-12-11-23-29-22(15-35-23)25(31)32)13-28-26(33)34-14-21-19-9-5-3-7-17(19)18-8-4-6-10-20(18)21/h3-10,15-16,21H,2,11-14H2,1H3,(H,27,30)(H,28,33)(H,31,32). The van der Waals surface area contributed by atoms with Crippen LogP contribution in [0.3, 0.4) is 0 Å². The van der Waals surface area contributed by atoms with E-state index in [1.54, 1.807) is 0 Å². The number of carbonyl (C=O) groups excluding carboxylic acids is 2. The first kappa shape index (κ1) is 24.4. The Kier molecular flexibility index (Phi) is 7.77. The van der Waals surface area contributed by atoms with Crippen LogP contribution in [0.25, 0.3) is 11.1 Å². The van der Waals surface area contributed by atoms with Crippen LogP contribution in [0.5, 0.6) is 0 Å². The molecule has 3 N–H and O–H groups in total. The summed E-state index contributed by atoms with van der Waals surface area (Å²) in [6.07, 6.45) is 0.442. The summed E-state index contributed by atoms with van der Waals surface area (Å²) in [6.45, 7) is 2.60. The Morgan fingerprint density at radius 2 is 1.71 bits per heavy atom. The molecule has 1 unspecified atom stereocenters. The third-order valence-corrected chi connectivity index (χ3v) is 7.02. The maximum atomic E-state index is 12.5. The summed E-state index contributed by atoms with van der Waals surface area (Å²) in [6, 6.07) is 16.3. The number of benzene rings is 2. The van der Waals surface area contributed by atoms with Crippen molar-refractivity contribution in [3.63, 3.8) is 0 Å². The number of thiazole rings is 1. The highest BCUT2D eigenvalue weighted by Gasteiger charge is 2.29. The van der Waals surface area contributed by atoms with E-state index in [1.807, 2.05) is 31.2 Å². The number of hydrogen-bond donors (Lipinski definition) is 3. The van der Waals surface area contributed by atoms with E-state index in [0.717, 1.165) is 22.3 Å². The SMILES string of the molecule is CCC(CNC(=O)OCC1c2ccccc2-c2ccccc21)C(=O)NCCc1nc(C(=O)O)cs1. The number of hydrogen-bond acceptors (Lipinski definition) is 6. The fourth-order valence-corrected chi connectivity index (χ4v) is 5.01. The van der Waals surface area contributed by atoms with Gasteiger partial charge in [-0.25, -0.2) is 14.6 Å². The van der Waals surface area contributed by atoms with Gasteiger partial charge in [0.05, 0.1) is 10.9 Å². The van der Waals surface area contributed by atoms with E-state index in [4.69, 9.17) is 9.84 Å². The lowest BCUT2D eigenvalue weighted by atomic mass is 9.98. The molecule has 182 valence electrons. The molecule has 2 amide bonds. The number of amides is 2. The fraction of sp³-hybridized carbons (Fsp3) is 0.308. The summed E-state index contributed by atoms with van der Waals surface area (Å²) in [5, 5.41) is 16.6. The average Bonchev–Trinajstić information content (AvgIpc) is 3.46. The molecule has 35 heavy (non-hydrogen) atoms.